The lowest BCUT2D eigenvalue weighted by Crippen LogP contribution is -2.35. The minimum Gasteiger partial charge on any atom is -0.491 e. The first-order valence-corrected chi connectivity index (χ1v) is 10.8. The molecule has 0 bridgehead atoms. The highest BCUT2D eigenvalue weighted by Gasteiger charge is 2.36. The summed E-state index contributed by atoms with van der Waals surface area (Å²) in [5.41, 5.74) is 1.64. The van der Waals surface area contributed by atoms with Gasteiger partial charge in [0.05, 0.1) is 11.5 Å². The van der Waals surface area contributed by atoms with Crippen molar-refractivity contribution < 1.29 is 22.8 Å². The molecule has 0 unspecified atom stereocenters. The summed E-state index contributed by atoms with van der Waals surface area (Å²) in [6.45, 7) is 3.43. The van der Waals surface area contributed by atoms with Crippen LogP contribution in [0.4, 0.5) is 5.69 Å². The first kappa shape index (κ1) is 21.4. The third kappa shape index (κ3) is 4.30. The molecule has 1 amide bonds. The number of carbonyl (C=O) groups is 1. The molecule has 1 heterocycles. The van der Waals surface area contributed by atoms with Gasteiger partial charge in [0.2, 0.25) is 0 Å². The number of ether oxygens (including phenoxy) is 1. The molecule has 0 radical (unpaired) electrons. The summed E-state index contributed by atoms with van der Waals surface area (Å²) in [6, 6.07) is 15.6. The van der Waals surface area contributed by atoms with Crippen LogP contribution in [0.25, 0.3) is 5.76 Å². The lowest BCUT2D eigenvalue weighted by molar-refractivity contribution is -0.120. The van der Waals surface area contributed by atoms with Crippen molar-refractivity contribution in [2.24, 2.45) is 5.16 Å². The number of allylic oxidation sites excluding steroid dienone is 1. The number of benzene rings is 2. The van der Waals surface area contributed by atoms with E-state index in [4.69, 9.17) is 9.57 Å². The van der Waals surface area contributed by atoms with Gasteiger partial charge < -0.3 is 14.9 Å². The van der Waals surface area contributed by atoms with E-state index < -0.39 is 10.0 Å². The number of para-hydroxylation sites is 1. The molecule has 0 aliphatic carbocycles. The highest BCUT2D eigenvalue weighted by molar-refractivity contribution is 7.89. The maximum atomic E-state index is 12.9. The van der Waals surface area contributed by atoms with Gasteiger partial charge in [-0.3, -0.25) is 9.10 Å². The normalized spacial score (nSPS) is 15.4. The predicted octanol–water partition coefficient (Wildman–Crippen LogP) is 3.06. The van der Waals surface area contributed by atoms with Crippen molar-refractivity contribution in [2.45, 2.75) is 18.7 Å². The van der Waals surface area contributed by atoms with Crippen LogP contribution in [0.1, 0.15) is 19.4 Å². The molecule has 1 aliphatic rings. The number of hydrogen-bond donors (Lipinski definition) is 1. The molecule has 0 fully saturated rings. The van der Waals surface area contributed by atoms with E-state index in [2.05, 4.69) is 10.5 Å². The van der Waals surface area contributed by atoms with Gasteiger partial charge in [0.25, 0.3) is 15.9 Å². The molecule has 0 saturated carbocycles. The fourth-order valence-corrected chi connectivity index (χ4v) is 4.49. The van der Waals surface area contributed by atoms with Crippen LogP contribution in [0.2, 0.25) is 0 Å². The van der Waals surface area contributed by atoms with Crippen molar-refractivity contribution >= 4 is 33.1 Å². The van der Waals surface area contributed by atoms with E-state index in [9.17, 15) is 13.2 Å². The second-order valence-corrected chi connectivity index (χ2v) is 8.38. The number of rotatable bonds is 7. The summed E-state index contributed by atoms with van der Waals surface area (Å²) in [5, 5.41) is 6.65. The molecule has 8 nitrogen and oxygen atoms in total. The van der Waals surface area contributed by atoms with Gasteiger partial charge >= 0.3 is 0 Å². The number of anilines is 1. The highest BCUT2D eigenvalue weighted by atomic mass is 32.2. The summed E-state index contributed by atoms with van der Waals surface area (Å²) in [7, 11) is -2.34. The van der Waals surface area contributed by atoms with Gasteiger partial charge in [0.1, 0.15) is 11.4 Å². The van der Waals surface area contributed by atoms with Gasteiger partial charge in [-0.05, 0) is 38.1 Å². The Hall–Kier alpha value is -3.33. The van der Waals surface area contributed by atoms with Crippen LogP contribution >= 0.6 is 0 Å². The average molecular weight is 429 g/mol. The molecule has 158 valence electrons. The molecular weight excluding hydrogens is 406 g/mol. The van der Waals surface area contributed by atoms with Crippen LogP contribution < -0.4 is 5.32 Å². The van der Waals surface area contributed by atoms with Gasteiger partial charge in [-0.15, -0.1) is 0 Å². The predicted molar refractivity (Wildman–Crippen MR) is 114 cm³/mol. The number of fused-ring (bicyclic) bond motifs is 1. The van der Waals surface area contributed by atoms with Crippen LogP contribution in [0.5, 0.6) is 0 Å². The molecule has 1 N–H and O–H groups in total. The van der Waals surface area contributed by atoms with Gasteiger partial charge in [-0.1, -0.05) is 35.5 Å². The smallest absolute Gasteiger partial charge is 0.265 e. The molecule has 2 aromatic carbocycles. The van der Waals surface area contributed by atoms with E-state index in [1.165, 1.54) is 13.1 Å². The van der Waals surface area contributed by atoms with Crippen LogP contribution in [-0.2, 0) is 24.4 Å². The van der Waals surface area contributed by atoms with E-state index in [1.807, 2.05) is 13.0 Å². The van der Waals surface area contributed by atoms with E-state index in [0.29, 0.717) is 23.6 Å². The first-order chi connectivity index (χ1) is 14.4. The zero-order valence-corrected chi connectivity index (χ0v) is 17.8. The van der Waals surface area contributed by atoms with Crippen molar-refractivity contribution in [1.82, 2.24) is 4.31 Å². The van der Waals surface area contributed by atoms with Crippen molar-refractivity contribution in [3.8, 4) is 0 Å². The SMILES string of the molecule is CCOC1=C(/C(C)=N/OCC(=O)Nc2ccccc2)N(C)S(=O)(=O)c2ccccc21. The molecule has 30 heavy (non-hydrogen) atoms. The zero-order valence-electron chi connectivity index (χ0n) is 17.0. The molecule has 3 rings (SSSR count). The summed E-state index contributed by atoms with van der Waals surface area (Å²) in [6.07, 6.45) is 0. The Kier molecular flexibility index (Phi) is 6.41. The molecule has 0 spiro atoms. The topological polar surface area (TPSA) is 97.3 Å². The molecular formula is C21H23N3O5S. The number of sulfonamides is 1. The van der Waals surface area contributed by atoms with Crippen LogP contribution in [0.15, 0.2) is 70.3 Å². The maximum absolute atomic E-state index is 12.9. The quantitative estimate of drug-likeness (QED) is 0.539. The second kappa shape index (κ2) is 9.00. The summed E-state index contributed by atoms with van der Waals surface area (Å²) < 4.78 is 32.7. The summed E-state index contributed by atoms with van der Waals surface area (Å²) in [5.74, 6) is 0.00994. The van der Waals surface area contributed by atoms with Crippen LogP contribution in [0.3, 0.4) is 0 Å². The first-order valence-electron chi connectivity index (χ1n) is 9.33. The van der Waals surface area contributed by atoms with Crippen LogP contribution in [0, 0.1) is 0 Å². The Morgan fingerprint density at radius 1 is 1.10 bits per heavy atom. The Balaban J connectivity index is 1.85. The number of nitrogens with one attached hydrogen (secondary N) is 1. The zero-order chi connectivity index (χ0) is 21.7. The third-order valence-corrected chi connectivity index (χ3v) is 6.20. The van der Waals surface area contributed by atoms with Gasteiger partial charge in [-0.25, -0.2) is 8.42 Å². The molecule has 1 aliphatic heterocycles. The standard InChI is InChI=1S/C21H23N3O5S/c1-4-28-21-17-12-8-9-13-18(17)30(26,27)24(3)20(21)15(2)23-29-14-19(25)22-16-10-6-5-7-11-16/h5-13H,4,14H2,1-3H3,(H,22,25)/b23-15+. The minimum atomic E-state index is -3.77. The lowest BCUT2D eigenvalue weighted by atomic mass is 10.1. The average Bonchev–Trinajstić information content (AvgIpc) is 2.73. The van der Waals surface area contributed by atoms with Crippen molar-refractivity contribution in [3.63, 3.8) is 0 Å². The van der Waals surface area contributed by atoms with Crippen molar-refractivity contribution in [1.29, 1.82) is 0 Å². The fourth-order valence-electron chi connectivity index (χ4n) is 3.05. The molecule has 9 heteroatoms. The van der Waals surface area contributed by atoms with Crippen LogP contribution in [-0.4, -0.2) is 44.6 Å². The Morgan fingerprint density at radius 3 is 2.47 bits per heavy atom. The van der Waals surface area contributed by atoms with E-state index in [1.54, 1.807) is 49.4 Å². The lowest BCUT2D eigenvalue weighted by Gasteiger charge is -2.30. The summed E-state index contributed by atoms with van der Waals surface area (Å²) >= 11 is 0. The number of oxime groups is 1. The summed E-state index contributed by atoms with van der Waals surface area (Å²) in [4.78, 5) is 17.4. The number of hydrogen-bond acceptors (Lipinski definition) is 6. The fraction of sp³-hybridized carbons (Fsp3) is 0.238. The second-order valence-electron chi connectivity index (χ2n) is 6.44. The Morgan fingerprint density at radius 2 is 1.77 bits per heavy atom. The number of nitrogens with zero attached hydrogens (tertiary/aromatic N) is 2. The van der Waals surface area contributed by atoms with E-state index in [-0.39, 0.29) is 28.8 Å². The minimum absolute atomic E-state index is 0.163. The maximum Gasteiger partial charge on any atom is 0.265 e. The molecule has 2 aromatic rings. The van der Waals surface area contributed by atoms with Crippen molar-refractivity contribution in [3.05, 3.63) is 65.9 Å². The Bertz CT molecular complexity index is 1090. The van der Waals surface area contributed by atoms with Gasteiger partial charge in [-0.2, -0.15) is 0 Å². The van der Waals surface area contributed by atoms with E-state index in [0.717, 1.165) is 4.31 Å². The monoisotopic (exact) mass is 429 g/mol. The third-order valence-electron chi connectivity index (χ3n) is 4.39. The Labute approximate surface area is 175 Å². The molecule has 0 atom stereocenters. The van der Waals surface area contributed by atoms with Crippen molar-refractivity contribution in [2.75, 3.05) is 25.6 Å². The number of carbonyl (C=O) groups excluding carboxylic acids is 1. The molecule has 0 saturated heterocycles. The highest BCUT2D eigenvalue weighted by Crippen LogP contribution is 2.36. The van der Waals surface area contributed by atoms with E-state index >= 15 is 0 Å². The molecule has 0 aromatic heterocycles. The van der Waals surface area contributed by atoms with Gasteiger partial charge in [0, 0.05) is 18.3 Å². The van der Waals surface area contributed by atoms with Gasteiger partial charge in [0.15, 0.2) is 12.4 Å². The number of amides is 1. The largest absolute Gasteiger partial charge is 0.491 e.